The smallest absolute Gasteiger partial charge is 0.0384 e. The summed E-state index contributed by atoms with van der Waals surface area (Å²) in [5, 5.41) is 4.85. The maximum Gasteiger partial charge on any atom is 0.0384 e. The molecule has 2 nitrogen and oxygen atoms in total. The van der Waals surface area contributed by atoms with Gasteiger partial charge in [0.15, 0.2) is 0 Å². The lowest BCUT2D eigenvalue weighted by Crippen LogP contribution is -2.43. The molecule has 1 aliphatic heterocycles. The highest BCUT2D eigenvalue weighted by molar-refractivity contribution is 5.04. The fourth-order valence-electron chi connectivity index (χ4n) is 2.46. The summed E-state index contributed by atoms with van der Waals surface area (Å²) in [5.74, 6) is 0. The van der Waals surface area contributed by atoms with E-state index in [-0.39, 0.29) is 0 Å². The Kier molecular flexibility index (Phi) is 2.58. The highest BCUT2D eigenvalue weighted by Gasteiger charge is 2.26. The molecule has 2 aliphatic rings. The molecule has 0 unspecified atom stereocenters. The largest absolute Gasteiger partial charge is 0.313 e. The SMILES string of the molecule is CC1=CCN(C2CCCCC2)N1C. The predicted molar refractivity (Wildman–Crippen MR) is 55.1 cm³/mol. The molecule has 1 heterocycles. The molecule has 0 aromatic heterocycles. The Morgan fingerprint density at radius 2 is 1.92 bits per heavy atom. The Labute approximate surface area is 81.2 Å². The summed E-state index contributed by atoms with van der Waals surface area (Å²) in [4.78, 5) is 0. The number of hydrogen-bond acceptors (Lipinski definition) is 2. The number of hydrazine groups is 1. The highest BCUT2D eigenvalue weighted by Crippen LogP contribution is 2.26. The molecule has 2 rings (SSSR count). The van der Waals surface area contributed by atoms with E-state index in [1.165, 1.54) is 37.8 Å². The minimum atomic E-state index is 0.812. The van der Waals surface area contributed by atoms with Crippen LogP contribution < -0.4 is 0 Å². The fraction of sp³-hybridized carbons (Fsp3) is 0.818. The molecule has 74 valence electrons. The molecule has 0 N–H and O–H groups in total. The molecule has 1 fully saturated rings. The summed E-state index contributed by atoms with van der Waals surface area (Å²) in [7, 11) is 2.19. The highest BCUT2D eigenvalue weighted by atomic mass is 15.6. The molecule has 0 amide bonds. The summed E-state index contributed by atoms with van der Waals surface area (Å²) < 4.78 is 0. The van der Waals surface area contributed by atoms with E-state index in [0.29, 0.717) is 0 Å². The third kappa shape index (κ3) is 1.73. The van der Waals surface area contributed by atoms with E-state index in [9.17, 15) is 0 Å². The molecule has 0 saturated heterocycles. The van der Waals surface area contributed by atoms with Crippen LogP contribution in [0.15, 0.2) is 11.8 Å². The monoisotopic (exact) mass is 180 g/mol. The first-order chi connectivity index (χ1) is 6.29. The molecule has 0 radical (unpaired) electrons. The maximum atomic E-state index is 2.52. The molecule has 2 heteroatoms. The summed E-state index contributed by atoms with van der Waals surface area (Å²) >= 11 is 0. The molecule has 0 aromatic rings. The molecule has 1 aliphatic carbocycles. The van der Waals surface area contributed by atoms with Gasteiger partial charge in [-0.3, -0.25) is 0 Å². The summed E-state index contributed by atoms with van der Waals surface area (Å²) in [6.07, 6.45) is 9.41. The Morgan fingerprint density at radius 1 is 1.23 bits per heavy atom. The van der Waals surface area contributed by atoms with Gasteiger partial charge in [-0.2, -0.15) is 0 Å². The minimum absolute atomic E-state index is 0.812. The van der Waals surface area contributed by atoms with E-state index in [1.54, 1.807) is 0 Å². The van der Waals surface area contributed by atoms with Crippen molar-refractivity contribution in [3.05, 3.63) is 11.8 Å². The predicted octanol–water partition coefficient (Wildman–Crippen LogP) is 2.39. The van der Waals surface area contributed by atoms with Gasteiger partial charge in [-0.1, -0.05) is 19.3 Å². The second-order valence-corrected chi connectivity index (χ2v) is 4.28. The molecule has 13 heavy (non-hydrogen) atoms. The molecule has 0 bridgehead atoms. The fourth-order valence-corrected chi connectivity index (χ4v) is 2.46. The number of nitrogens with zero attached hydrogens (tertiary/aromatic N) is 2. The van der Waals surface area contributed by atoms with Crippen LogP contribution in [0.5, 0.6) is 0 Å². The van der Waals surface area contributed by atoms with Crippen LogP contribution in [0.1, 0.15) is 39.0 Å². The summed E-state index contributed by atoms with van der Waals surface area (Å²) in [5.41, 5.74) is 1.41. The summed E-state index contributed by atoms with van der Waals surface area (Å²) in [6.45, 7) is 3.33. The number of allylic oxidation sites excluding steroid dienone is 1. The zero-order chi connectivity index (χ0) is 9.26. The molecule has 0 atom stereocenters. The standard InChI is InChI=1S/C11H20N2/c1-10-8-9-13(12(10)2)11-6-4-3-5-7-11/h8,11H,3-7,9H2,1-2H3. The number of hydrogen-bond donors (Lipinski definition) is 0. The lowest BCUT2D eigenvalue weighted by molar-refractivity contribution is 0.00395. The third-order valence-corrected chi connectivity index (χ3v) is 3.47. The van der Waals surface area contributed by atoms with Crippen LogP contribution in [-0.2, 0) is 0 Å². The lowest BCUT2D eigenvalue weighted by atomic mass is 9.95. The van der Waals surface area contributed by atoms with Gasteiger partial charge in [-0.05, 0) is 25.8 Å². The van der Waals surface area contributed by atoms with Gasteiger partial charge < -0.3 is 5.01 Å². The van der Waals surface area contributed by atoms with Gasteiger partial charge in [0.2, 0.25) is 0 Å². The van der Waals surface area contributed by atoms with Crippen molar-refractivity contribution in [2.75, 3.05) is 13.6 Å². The van der Waals surface area contributed by atoms with E-state index < -0.39 is 0 Å². The van der Waals surface area contributed by atoms with Crippen molar-refractivity contribution in [3.63, 3.8) is 0 Å². The van der Waals surface area contributed by atoms with Crippen LogP contribution in [0.2, 0.25) is 0 Å². The first-order valence-corrected chi connectivity index (χ1v) is 5.46. The molecular weight excluding hydrogens is 160 g/mol. The van der Waals surface area contributed by atoms with Gasteiger partial charge in [0.05, 0.1) is 0 Å². The lowest BCUT2D eigenvalue weighted by Gasteiger charge is -2.37. The van der Waals surface area contributed by atoms with Crippen LogP contribution >= 0.6 is 0 Å². The van der Waals surface area contributed by atoms with Crippen LogP contribution in [0.3, 0.4) is 0 Å². The molecule has 0 spiro atoms. The van der Waals surface area contributed by atoms with Gasteiger partial charge in [0, 0.05) is 25.3 Å². The topological polar surface area (TPSA) is 6.48 Å². The second-order valence-electron chi connectivity index (χ2n) is 4.28. The number of rotatable bonds is 1. The van der Waals surface area contributed by atoms with Crippen molar-refractivity contribution in [3.8, 4) is 0 Å². The van der Waals surface area contributed by atoms with Crippen LogP contribution in [0.4, 0.5) is 0 Å². The average molecular weight is 180 g/mol. The average Bonchev–Trinajstić information content (AvgIpc) is 2.49. The van der Waals surface area contributed by atoms with Crippen molar-refractivity contribution in [2.24, 2.45) is 0 Å². The Hall–Kier alpha value is -0.500. The maximum absolute atomic E-state index is 2.52. The van der Waals surface area contributed by atoms with E-state index in [1.807, 2.05) is 0 Å². The van der Waals surface area contributed by atoms with Crippen molar-refractivity contribution >= 4 is 0 Å². The Morgan fingerprint density at radius 3 is 2.46 bits per heavy atom. The van der Waals surface area contributed by atoms with Crippen molar-refractivity contribution in [1.82, 2.24) is 10.0 Å². The normalized spacial score (nSPS) is 26.6. The zero-order valence-electron chi connectivity index (χ0n) is 8.79. The minimum Gasteiger partial charge on any atom is -0.313 e. The Balaban J connectivity index is 1.94. The van der Waals surface area contributed by atoms with Crippen LogP contribution in [-0.4, -0.2) is 29.7 Å². The van der Waals surface area contributed by atoms with E-state index in [4.69, 9.17) is 0 Å². The van der Waals surface area contributed by atoms with E-state index in [0.717, 1.165) is 12.6 Å². The van der Waals surface area contributed by atoms with Gasteiger partial charge >= 0.3 is 0 Å². The van der Waals surface area contributed by atoms with Crippen molar-refractivity contribution < 1.29 is 0 Å². The zero-order valence-corrected chi connectivity index (χ0v) is 8.79. The van der Waals surface area contributed by atoms with Crippen LogP contribution in [0.25, 0.3) is 0 Å². The van der Waals surface area contributed by atoms with Gasteiger partial charge in [-0.25, -0.2) is 5.01 Å². The first-order valence-electron chi connectivity index (χ1n) is 5.46. The van der Waals surface area contributed by atoms with Crippen molar-refractivity contribution in [2.45, 2.75) is 45.1 Å². The molecule has 1 saturated carbocycles. The molecular formula is C11H20N2. The third-order valence-electron chi connectivity index (χ3n) is 3.47. The van der Waals surface area contributed by atoms with Gasteiger partial charge in [-0.15, -0.1) is 0 Å². The van der Waals surface area contributed by atoms with E-state index in [2.05, 4.69) is 30.1 Å². The Bertz CT molecular complexity index is 204. The first kappa shape index (κ1) is 9.07. The van der Waals surface area contributed by atoms with E-state index >= 15 is 0 Å². The van der Waals surface area contributed by atoms with Crippen molar-refractivity contribution in [1.29, 1.82) is 0 Å². The van der Waals surface area contributed by atoms with Crippen LogP contribution in [0, 0.1) is 0 Å². The molecule has 0 aromatic carbocycles. The summed E-state index contributed by atoms with van der Waals surface area (Å²) in [6, 6.07) is 0.812. The quantitative estimate of drug-likeness (QED) is 0.611. The second kappa shape index (κ2) is 3.70. The van der Waals surface area contributed by atoms with Gasteiger partial charge in [0.1, 0.15) is 0 Å². The van der Waals surface area contributed by atoms with Gasteiger partial charge in [0.25, 0.3) is 0 Å².